The fourth-order valence-corrected chi connectivity index (χ4v) is 4.30. The van der Waals surface area contributed by atoms with Gasteiger partial charge in [-0.15, -0.1) is 11.3 Å². The van der Waals surface area contributed by atoms with Crippen LogP contribution < -0.4 is 10.7 Å². The molecule has 1 aliphatic heterocycles. The number of imidazole rings is 1. The zero-order chi connectivity index (χ0) is 18.2. The van der Waals surface area contributed by atoms with Crippen LogP contribution in [-0.4, -0.2) is 20.7 Å². The number of nitrogens with one attached hydrogen (secondary N) is 1. The molecule has 1 N–H and O–H groups in total. The smallest absolute Gasteiger partial charge is 0.137 e. The van der Waals surface area contributed by atoms with Crippen molar-refractivity contribution >= 4 is 34.5 Å². The first kappa shape index (κ1) is 16.2. The molecule has 4 nitrogen and oxygen atoms in total. The van der Waals surface area contributed by atoms with Crippen LogP contribution in [0.1, 0.15) is 23.3 Å². The lowest BCUT2D eigenvalue weighted by atomic mass is 10.0. The van der Waals surface area contributed by atoms with E-state index in [1.807, 2.05) is 24.8 Å². The zero-order valence-electron chi connectivity index (χ0n) is 14.5. The third kappa shape index (κ3) is 2.92. The fourth-order valence-electron chi connectivity index (χ4n) is 3.60. The first-order valence-corrected chi connectivity index (χ1v) is 9.71. The highest BCUT2D eigenvalue weighted by atomic mass is 32.1. The molecule has 0 bridgehead atoms. The average Bonchev–Trinajstić information content (AvgIpc) is 3.43. The van der Waals surface area contributed by atoms with Crippen LogP contribution in [0.3, 0.4) is 0 Å². The predicted octanol–water partition coefficient (Wildman–Crippen LogP) is 3.59. The molecule has 27 heavy (non-hydrogen) atoms. The molecule has 1 aliphatic carbocycles. The topological polar surface area (TPSA) is 46.0 Å². The molecule has 4 heterocycles. The predicted molar refractivity (Wildman–Crippen MR) is 107 cm³/mol. The number of aromatic amines is 1. The lowest BCUT2D eigenvalue weighted by Crippen LogP contribution is -2.35. The van der Waals surface area contributed by atoms with Crippen molar-refractivity contribution < 1.29 is 4.39 Å². The van der Waals surface area contributed by atoms with E-state index in [0.717, 1.165) is 40.6 Å². The lowest BCUT2D eigenvalue weighted by molar-refractivity contribution is 0.661. The van der Waals surface area contributed by atoms with Gasteiger partial charge in [-0.1, -0.05) is 12.1 Å². The van der Waals surface area contributed by atoms with Crippen molar-refractivity contribution in [2.45, 2.75) is 19.4 Å². The Morgan fingerprint density at radius 3 is 3.00 bits per heavy atom. The molecule has 0 fully saturated rings. The highest BCUT2D eigenvalue weighted by molar-refractivity contribution is 7.09. The summed E-state index contributed by atoms with van der Waals surface area (Å²) in [6.45, 7) is 0.765. The second-order valence-corrected chi connectivity index (χ2v) is 7.57. The van der Waals surface area contributed by atoms with E-state index in [9.17, 15) is 4.39 Å². The van der Waals surface area contributed by atoms with Gasteiger partial charge >= 0.3 is 0 Å². The Morgan fingerprint density at radius 1 is 1.22 bits per heavy atom. The van der Waals surface area contributed by atoms with Gasteiger partial charge < -0.3 is 9.55 Å². The van der Waals surface area contributed by atoms with Crippen molar-refractivity contribution in [2.24, 2.45) is 4.99 Å². The number of hydrogen-bond donors (Lipinski definition) is 1. The van der Waals surface area contributed by atoms with Crippen LogP contribution in [0.25, 0.3) is 11.1 Å². The van der Waals surface area contributed by atoms with E-state index in [4.69, 9.17) is 4.98 Å². The number of nitrogens with zero attached hydrogens (tertiary/aromatic N) is 3. The van der Waals surface area contributed by atoms with Crippen LogP contribution in [0.5, 0.6) is 0 Å². The summed E-state index contributed by atoms with van der Waals surface area (Å²) >= 11 is 1.74. The van der Waals surface area contributed by atoms with E-state index < -0.39 is 0 Å². The average molecular weight is 376 g/mol. The van der Waals surface area contributed by atoms with E-state index in [2.05, 4.69) is 38.1 Å². The fraction of sp³-hybridized carbons (Fsp3) is 0.143. The third-order valence-electron chi connectivity index (χ3n) is 4.86. The number of halogens is 1. The van der Waals surface area contributed by atoms with Gasteiger partial charge in [-0.2, -0.15) is 0 Å². The Bertz CT molecular complexity index is 1210. The molecular weight excluding hydrogens is 359 g/mol. The first-order valence-electron chi connectivity index (χ1n) is 8.83. The van der Waals surface area contributed by atoms with Gasteiger partial charge in [0.1, 0.15) is 11.6 Å². The Hall–Kier alpha value is -2.99. The lowest BCUT2D eigenvalue weighted by Gasteiger charge is -2.11. The molecule has 0 aromatic carbocycles. The van der Waals surface area contributed by atoms with E-state index in [1.165, 1.54) is 16.5 Å². The molecule has 0 saturated carbocycles. The molecule has 0 unspecified atom stereocenters. The molecule has 0 amide bonds. The summed E-state index contributed by atoms with van der Waals surface area (Å²) in [5, 5.41) is 4.10. The van der Waals surface area contributed by atoms with Crippen LogP contribution >= 0.6 is 11.3 Å². The highest BCUT2D eigenvalue weighted by Crippen LogP contribution is 2.28. The summed E-state index contributed by atoms with van der Waals surface area (Å²) in [6.07, 6.45) is 12.0. The summed E-state index contributed by atoms with van der Waals surface area (Å²) in [7, 11) is 0. The van der Waals surface area contributed by atoms with Gasteiger partial charge in [0.2, 0.25) is 0 Å². The monoisotopic (exact) mass is 376 g/mol. The number of thiophene rings is 1. The molecule has 0 radical (unpaired) electrons. The zero-order valence-corrected chi connectivity index (χ0v) is 15.3. The van der Waals surface area contributed by atoms with Crippen molar-refractivity contribution in [2.75, 3.05) is 0 Å². The summed E-state index contributed by atoms with van der Waals surface area (Å²) in [6, 6.07) is 6.26. The van der Waals surface area contributed by atoms with Crippen LogP contribution in [0.4, 0.5) is 10.2 Å². The number of aromatic nitrogens is 3. The highest BCUT2D eigenvalue weighted by Gasteiger charge is 2.17. The Kier molecular flexibility index (Phi) is 3.98. The van der Waals surface area contributed by atoms with Crippen LogP contribution in [0.2, 0.25) is 0 Å². The Labute approximate surface area is 159 Å². The van der Waals surface area contributed by atoms with Crippen molar-refractivity contribution in [3.63, 3.8) is 0 Å². The number of H-pyrrole nitrogens is 1. The molecule has 2 aliphatic rings. The summed E-state index contributed by atoms with van der Waals surface area (Å²) in [5.41, 5.74) is 3.33. The number of aliphatic imine (C=N–C) groups is 1. The molecule has 0 atom stereocenters. The number of rotatable bonds is 2. The van der Waals surface area contributed by atoms with E-state index in [1.54, 1.807) is 17.4 Å². The quantitative estimate of drug-likeness (QED) is 0.730. The maximum absolute atomic E-state index is 13.5. The Balaban J connectivity index is 1.79. The maximum Gasteiger partial charge on any atom is 0.137 e. The molecule has 3 aromatic heterocycles. The molecular formula is C21H17FN4S. The largest absolute Gasteiger partial charge is 0.346 e. The second kappa shape index (κ2) is 6.63. The molecule has 0 saturated heterocycles. The van der Waals surface area contributed by atoms with Crippen molar-refractivity contribution in [1.82, 2.24) is 14.5 Å². The van der Waals surface area contributed by atoms with Gasteiger partial charge in [0.05, 0.1) is 23.6 Å². The molecule has 5 rings (SSSR count). The van der Waals surface area contributed by atoms with Crippen molar-refractivity contribution in [1.29, 1.82) is 0 Å². The van der Waals surface area contributed by atoms with Gasteiger partial charge in [-0.05, 0) is 47.2 Å². The minimum Gasteiger partial charge on any atom is -0.346 e. The van der Waals surface area contributed by atoms with Gasteiger partial charge in [0, 0.05) is 29.3 Å². The van der Waals surface area contributed by atoms with Gasteiger partial charge in [-0.25, -0.2) is 14.4 Å². The second-order valence-electron chi connectivity index (χ2n) is 6.54. The molecule has 0 spiro atoms. The first-order chi connectivity index (χ1) is 13.3. The minimum absolute atomic E-state index is 0.191. The summed E-state index contributed by atoms with van der Waals surface area (Å²) < 4.78 is 15.6. The molecule has 6 heteroatoms. The minimum atomic E-state index is -0.191. The van der Waals surface area contributed by atoms with E-state index in [0.29, 0.717) is 6.42 Å². The number of fused-ring (bicyclic) bond motifs is 1. The van der Waals surface area contributed by atoms with E-state index >= 15 is 0 Å². The number of allylic oxidation sites excluding steroid dienone is 4. The van der Waals surface area contributed by atoms with Crippen molar-refractivity contribution in [3.8, 4) is 0 Å². The van der Waals surface area contributed by atoms with E-state index in [-0.39, 0.29) is 5.83 Å². The van der Waals surface area contributed by atoms with Crippen LogP contribution in [0, 0.1) is 0 Å². The van der Waals surface area contributed by atoms with Gasteiger partial charge in [0.25, 0.3) is 0 Å². The molecule has 3 aromatic rings. The third-order valence-corrected chi connectivity index (χ3v) is 5.72. The van der Waals surface area contributed by atoms with Gasteiger partial charge in [0.15, 0.2) is 0 Å². The van der Waals surface area contributed by atoms with Crippen molar-refractivity contribution in [3.05, 3.63) is 81.3 Å². The van der Waals surface area contributed by atoms with Crippen LogP contribution in [0.15, 0.2) is 65.2 Å². The summed E-state index contributed by atoms with van der Waals surface area (Å²) in [4.78, 5) is 13.7. The van der Waals surface area contributed by atoms with Gasteiger partial charge in [-0.3, -0.25) is 0 Å². The van der Waals surface area contributed by atoms with Crippen LogP contribution in [-0.2, 0) is 6.54 Å². The molecule has 134 valence electrons. The SMILES string of the molecule is FC1=CCC(=c2ncn(Cc3cccs3)c2=C2CC=Nc3[nH]ccc32)C=C1. The maximum atomic E-state index is 13.5. The Morgan fingerprint density at radius 2 is 2.19 bits per heavy atom. The normalized spacial score (nSPS) is 20.0. The number of hydrogen-bond acceptors (Lipinski definition) is 3. The summed E-state index contributed by atoms with van der Waals surface area (Å²) in [5.74, 6) is 0.685. The standard InChI is InChI=1S/C21H17FN4S/c22-15-5-3-14(4-6-15)19-20(17-7-9-23-21-18(17)8-10-24-21)26(13-25-19)12-16-2-1-11-27-16/h1-3,5-6,8-11,13,24H,4,7,12H2.